The molecule has 0 unspecified atom stereocenters. The van der Waals surface area contributed by atoms with Gasteiger partial charge in [0.05, 0.1) is 19.1 Å². The van der Waals surface area contributed by atoms with Crippen LogP contribution in [0.2, 0.25) is 0 Å². The minimum absolute atomic E-state index is 0.0729. The van der Waals surface area contributed by atoms with E-state index in [9.17, 15) is 9.59 Å². The molecule has 0 radical (unpaired) electrons. The third-order valence-corrected chi connectivity index (χ3v) is 3.20. The van der Waals surface area contributed by atoms with Crippen molar-refractivity contribution in [3.63, 3.8) is 0 Å². The molecule has 0 saturated heterocycles. The zero-order valence-corrected chi connectivity index (χ0v) is 13.4. The van der Waals surface area contributed by atoms with Gasteiger partial charge in [0.15, 0.2) is 11.5 Å². The van der Waals surface area contributed by atoms with Crippen molar-refractivity contribution in [1.29, 1.82) is 0 Å². The third-order valence-electron chi connectivity index (χ3n) is 3.20. The lowest BCUT2D eigenvalue weighted by molar-refractivity contribution is -0.149. The molecule has 6 nitrogen and oxygen atoms in total. The van der Waals surface area contributed by atoms with Crippen LogP contribution in [0.1, 0.15) is 32.8 Å². The number of methoxy groups -OCH3 is 1. The van der Waals surface area contributed by atoms with Crippen LogP contribution in [-0.4, -0.2) is 30.7 Å². The highest BCUT2D eigenvalue weighted by Crippen LogP contribution is 2.28. The number of aliphatic carboxylic acids is 1. The van der Waals surface area contributed by atoms with Gasteiger partial charge in [0.2, 0.25) is 5.91 Å². The van der Waals surface area contributed by atoms with Gasteiger partial charge in [0, 0.05) is 13.0 Å². The van der Waals surface area contributed by atoms with Gasteiger partial charge in [-0.1, -0.05) is 6.07 Å². The molecule has 0 spiro atoms. The Kier molecular flexibility index (Phi) is 6.22. The third kappa shape index (κ3) is 4.95. The molecule has 0 aliphatic heterocycles. The van der Waals surface area contributed by atoms with E-state index < -0.39 is 11.4 Å². The second-order valence-corrected chi connectivity index (χ2v) is 5.56. The van der Waals surface area contributed by atoms with E-state index in [1.165, 1.54) is 13.8 Å². The number of carboxylic acid groups (broad SMARTS) is 1. The minimum Gasteiger partial charge on any atom is -0.493 e. The number of carbonyl (C=O) groups is 2. The first-order valence-corrected chi connectivity index (χ1v) is 7.10. The van der Waals surface area contributed by atoms with Gasteiger partial charge in [-0.15, -0.1) is 0 Å². The number of amides is 1. The van der Waals surface area contributed by atoms with Gasteiger partial charge in [-0.2, -0.15) is 0 Å². The molecule has 1 rings (SSSR count). The molecule has 0 atom stereocenters. The van der Waals surface area contributed by atoms with Crippen molar-refractivity contribution in [2.24, 2.45) is 5.41 Å². The van der Waals surface area contributed by atoms with Crippen molar-refractivity contribution in [2.75, 3.05) is 13.7 Å². The molecular weight excluding hydrogens is 286 g/mol. The summed E-state index contributed by atoms with van der Waals surface area (Å²) < 4.78 is 10.7. The van der Waals surface area contributed by atoms with Crippen LogP contribution in [0, 0.1) is 5.41 Å². The highest BCUT2D eigenvalue weighted by molar-refractivity contribution is 5.84. The van der Waals surface area contributed by atoms with Gasteiger partial charge in [-0.3, -0.25) is 9.59 Å². The maximum Gasteiger partial charge on any atom is 0.309 e. The summed E-state index contributed by atoms with van der Waals surface area (Å²) in [6.45, 7) is 5.77. The van der Waals surface area contributed by atoms with E-state index in [2.05, 4.69) is 5.32 Å². The standard InChI is InChI=1S/C16H23NO5/c1-5-22-12-7-6-11(8-13(12)21-4)10-17-14(18)9-16(2,3)15(19)20/h6-8H,5,9-10H2,1-4H3,(H,17,18)(H,19,20). The maximum atomic E-state index is 11.8. The highest BCUT2D eigenvalue weighted by Gasteiger charge is 2.29. The smallest absolute Gasteiger partial charge is 0.309 e. The van der Waals surface area contributed by atoms with Crippen LogP contribution in [0.5, 0.6) is 11.5 Å². The summed E-state index contributed by atoms with van der Waals surface area (Å²) in [6.07, 6.45) is -0.0729. The lowest BCUT2D eigenvalue weighted by Crippen LogP contribution is -2.33. The summed E-state index contributed by atoms with van der Waals surface area (Å²) in [5, 5.41) is 11.7. The van der Waals surface area contributed by atoms with Crippen LogP contribution in [0.4, 0.5) is 0 Å². The molecule has 0 aliphatic carbocycles. The first-order valence-electron chi connectivity index (χ1n) is 7.10. The van der Waals surface area contributed by atoms with Crippen LogP contribution < -0.4 is 14.8 Å². The molecule has 0 heterocycles. The molecule has 0 fully saturated rings. The summed E-state index contributed by atoms with van der Waals surface area (Å²) in [5.41, 5.74) is -0.234. The number of benzene rings is 1. The Morgan fingerprint density at radius 3 is 2.50 bits per heavy atom. The van der Waals surface area contributed by atoms with Crippen molar-refractivity contribution in [1.82, 2.24) is 5.32 Å². The molecule has 1 aromatic carbocycles. The normalized spacial score (nSPS) is 10.9. The molecular formula is C16H23NO5. The number of ether oxygens (including phenoxy) is 2. The van der Waals surface area contributed by atoms with E-state index in [0.29, 0.717) is 24.7 Å². The average molecular weight is 309 g/mol. The molecule has 22 heavy (non-hydrogen) atoms. The SMILES string of the molecule is CCOc1ccc(CNC(=O)CC(C)(C)C(=O)O)cc1OC. The summed E-state index contributed by atoms with van der Waals surface area (Å²) >= 11 is 0. The Morgan fingerprint density at radius 2 is 1.95 bits per heavy atom. The van der Waals surface area contributed by atoms with Gasteiger partial charge in [-0.05, 0) is 38.5 Å². The first kappa shape index (κ1) is 17.8. The van der Waals surface area contributed by atoms with Gasteiger partial charge < -0.3 is 19.9 Å². The topological polar surface area (TPSA) is 84.9 Å². The zero-order chi connectivity index (χ0) is 16.8. The second-order valence-electron chi connectivity index (χ2n) is 5.56. The van der Waals surface area contributed by atoms with Crippen LogP contribution in [0.25, 0.3) is 0 Å². The van der Waals surface area contributed by atoms with Crippen molar-refractivity contribution < 1.29 is 24.2 Å². The average Bonchev–Trinajstić information content (AvgIpc) is 2.45. The molecule has 0 aromatic heterocycles. The van der Waals surface area contributed by atoms with Gasteiger partial charge in [0.1, 0.15) is 0 Å². The minimum atomic E-state index is -1.08. The first-order chi connectivity index (χ1) is 10.3. The fourth-order valence-corrected chi connectivity index (χ4v) is 1.84. The lowest BCUT2D eigenvalue weighted by atomic mass is 9.89. The highest BCUT2D eigenvalue weighted by atomic mass is 16.5. The van der Waals surface area contributed by atoms with Crippen LogP contribution >= 0.6 is 0 Å². The van der Waals surface area contributed by atoms with Crippen molar-refractivity contribution >= 4 is 11.9 Å². The van der Waals surface area contributed by atoms with Gasteiger partial charge in [-0.25, -0.2) is 0 Å². The van der Waals surface area contributed by atoms with E-state index in [0.717, 1.165) is 5.56 Å². The zero-order valence-electron chi connectivity index (χ0n) is 13.4. The Morgan fingerprint density at radius 1 is 1.27 bits per heavy atom. The maximum absolute atomic E-state index is 11.8. The number of carbonyl (C=O) groups excluding carboxylic acids is 1. The van der Waals surface area contributed by atoms with Crippen LogP contribution in [0.3, 0.4) is 0 Å². The Balaban J connectivity index is 2.65. The predicted molar refractivity (Wildman–Crippen MR) is 82.0 cm³/mol. The van der Waals surface area contributed by atoms with E-state index in [-0.39, 0.29) is 12.3 Å². The molecule has 2 N–H and O–H groups in total. The Hall–Kier alpha value is -2.24. The van der Waals surface area contributed by atoms with Crippen LogP contribution in [0.15, 0.2) is 18.2 Å². The van der Waals surface area contributed by atoms with Gasteiger partial charge in [0.25, 0.3) is 0 Å². The molecule has 6 heteroatoms. The van der Waals surface area contributed by atoms with E-state index in [4.69, 9.17) is 14.6 Å². The fraction of sp³-hybridized carbons (Fsp3) is 0.500. The summed E-state index contributed by atoms with van der Waals surface area (Å²) in [5.74, 6) is -0.0582. The number of rotatable bonds is 8. The summed E-state index contributed by atoms with van der Waals surface area (Å²) in [6, 6.07) is 5.40. The fourth-order valence-electron chi connectivity index (χ4n) is 1.84. The van der Waals surface area contributed by atoms with E-state index in [1.807, 2.05) is 13.0 Å². The molecule has 0 bridgehead atoms. The molecule has 0 aliphatic rings. The molecule has 0 saturated carbocycles. The predicted octanol–water partition coefficient (Wildman–Crippen LogP) is 2.21. The Labute approximate surface area is 130 Å². The number of carboxylic acids is 1. The molecule has 1 amide bonds. The molecule has 122 valence electrons. The van der Waals surface area contributed by atoms with Crippen molar-refractivity contribution in [3.05, 3.63) is 23.8 Å². The Bertz CT molecular complexity index is 539. The molecule has 1 aromatic rings. The van der Waals surface area contributed by atoms with E-state index in [1.54, 1.807) is 19.2 Å². The monoisotopic (exact) mass is 309 g/mol. The largest absolute Gasteiger partial charge is 0.493 e. The van der Waals surface area contributed by atoms with E-state index >= 15 is 0 Å². The van der Waals surface area contributed by atoms with Crippen molar-refractivity contribution in [3.8, 4) is 11.5 Å². The van der Waals surface area contributed by atoms with Crippen LogP contribution in [-0.2, 0) is 16.1 Å². The van der Waals surface area contributed by atoms with Crippen molar-refractivity contribution in [2.45, 2.75) is 33.7 Å². The summed E-state index contributed by atoms with van der Waals surface area (Å²) in [4.78, 5) is 22.8. The number of hydrogen-bond acceptors (Lipinski definition) is 4. The number of nitrogens with one attached hydrogen (secondary N) is 1. The lowest BCUT2D eigenvalue weighted by Gasteiger charge is -2.18. The summed E-state index contributed by atoms with van der Waals surface area (Å²) in [7, 11) is 1.55. The quantitative estimate of drug-likeness (QED) is 0.769. The number of hydrogen-bond donors (Lipinski definition) is 2. The second kappa shape index (κ2) is 7.68. The van der Waals surface area contributed by atoms with Gasteiger partial charge >= 0.3 is 5.97 Å².